The molecule has 0 amide bonds. The maximum Gasteiger partial charge on any atom is 0.123 e. The Labute approximate surface area is 146 Å². The quantitative estimate of drug-likeness (QED) is 0.659. The molecule has 3 heteroatoms. The highest BCUT2D eigenvalue weighted by molar-refractivity contribution is 5.48. The number of ether oxygens (including phenoxy) is 2. The Bertz CT molecular complexity index is 650. The number of nitrogens with one attached hydrogen (secondary N) is 1. The molecule has 0 aromatic heterocycles. The maximum atomic E-state index is 6.00. The lowest BCUT2D eigenvalue weighted by atomic mass is 10.0. The summed E-state index contributed by atoms with van der Waals surface area (Å²) < 4.78 is 11.7. The summed E-state index contributed by atoms with van der Waals surface area (Å²) in [7, 11) is 0. The topological polar surface area (TPSA) is 30.5 Å². The summed E-state index contributed by atoms with van der Waals surface area (Å²) in [5, 5.41) is 3.39. The van der Waals surface area contributed by atoms with Crippen LogP contribution in [0.15, 0.2) is 42.5 Å². The second-order valence-electron chi connectivity index (χ2n) is 6.67. The van der Waals surface area contributed by atoms with Gasteiger partial charge in [-0.15, -0.1) is 0 Å². The highest BCUT2D eigenvalue weighted by atomic mass is 16.5. The van der Waals surface area contributed by atoms with Gasteiger partial charge in [0.15, 0.2) is 0 Å². The van der Waals surface area contributed by atoms with Crippen LogP contribution in [0.5, 0.6) is 11.5 Å². The smallest absolute Gasteiger partial charge is 0.123 e. The van der Waals surface area contributed by atoms with Crippen molar-refractivity contribution in [3.8, 4) is 11.5 Å². The van der Waals surface area contributed by atoms with Crippen LogP contribution >= 0.6 is 0 Å². The monoisotopic (exact) mass is 327 g/mol. The van der Waals surface area contributed by atoms with Crippen LogP contribution < -0.4 is 14.8 Å². The molecular weight excluding hydrogens is 298 g/mol. The maximum absolute atomic E-state index is 6.00. The van der Waals surface area contributed by atoms with Crippen molar-refractivity contribution in [2.45, 2.75) is 46.6 Å². The van der Waals surface area contributed by atoms with Crippen LogP contribution in [0.25, 0.3) is 0 Å². The predicted molar refractivity (Wildman–Crippen MR) is 101 cm³/mol. The Kier molecular flexibility index (Phi) is 6.53. The second-order valence-corrected chi connectivity index (χ2v) is 6.67. The SMILES string of the molecule is Cc1ccc(C(C)C)c(OCCNc2cccc(OC(C)C)c2)c1. The van der Waals surface area contributed by atoms with Crippen molar-refractivity contribution in [2.24, 2.45) is 0 Å². The Morgan fingerprint density at radius 2 is 1.79 bits per heavy atom. The minimum Gasteiger partial charge on any atom is -0.491 e. The van der Waals surface area contributed by atoms with Crippen LogP contribution in [0.4, 0.5) is 5.69 Å². The molecule has 0 unspecified atom stereocenters. The molecule has 0 saturated heterocycles. The van der Waals surface area contributed by atoms with E-state index in [4.69, 9.17) is 9.47 Å². The Hall–Kier alpha value is -2.16. The molecule has 3 nitrogen and oxygen atoms in total. The van der Waals surface area contributed by atoms with E-state index in [2.05, 4.69) is 44.3 Å². The third-order valence-corrected chi connectivity index (χ3v) is 3.69. The first-order chi connectivity index (χ1) is 11.5. The summed E-state index contributed by atoms with van der Waals surface area (Å²) in [6.45, 7) is 11.9. The highest BCUT2D eigenvalue weighted by Crippen LogP contribution is 2.27. The van der Waals surface area contributed by atoms with E-state index in [0.29, 0.717) is 12.5 Å². The molecule has 0 radical (unpaired) electrons. The van der Waals surface area contributed by atoms with Crippen molar-refractivity contribution in [3.05, 3.63) is 53.6 Å². The van der Waals surface area contributed by atoms with Crippen molar-refractivity contribution in [1.29, 1.82) is 0 Å². The van der Waals surface area contributed by atoms with Gasteiger partial charge in [-0.3, -0.25) is 0 Å². The lowest BCUT2D eigenvalue weighted by Gasteiger charge is -2.16. The summed E-state index contributed by atoms with van der Waals surface area (Å²) in [4.78, 5) is 0. The first kappa shape index (κ1) is 18.2. The van der Waals surface area contributed by atoms with E-state index >= 15 is 0 Å². The number of anilines is 1. The normalized spacial score (nSPS) is 11.0. The molecule has 130 valence electrons. The molecule has 2 rings (SSSR count). The second kappa shape index (κ2) is 8.62. The van der Waals surface area contributed by atoms with Gasteiger partial charge < -0.3 is 14.8 Å². The summed E-state index contributed by atoms with van der Waals surface area (Å²) in [5.74, 6) is 2.33. The molecule has 2 aromatic carbocycles. The van der Waals surface area contributed by atoms with Gasteiger partial charge in [0.25, 0.3) is 0 Å². The molecule has 2 aromatic rings. The first-order valence-electron chi connectivity index (χ1n) is 8.69. The average molecular weight is 327 g/mol. The number of rotatable bonds is 8. The highest BCUT2D eigenvalue weighted by Gasteiger charge is 2.08. The zero-order valence-corrected chi connectivity index (χ0v) is 15.4. The third kappa shape index (κ3) is 5.48. The molecular formula is C21H29NO2. The van der Waals surface area contributed by atoms with E-state index in [1.807, 2.05) is 38.1 Å². The van der Waals surface area contributed by atoms with Crippen molar-refractivity contribution < 1.29 is 9.47 Å². The standard InChI is InChI=1S/C21H29NO2/c1-15(2)20-10-9-17(5)13-21(20)23-12-11-22-18-7-6-8-19(14-18)24-16(3)4/h6-10,13-16,22H,11-12H2,1-5H3. The van der Waals surface area contributed by atoms with Gasteiger partial charge in [-0.2, -0.15) is 0 Å². The van der Waals surface area contributed by atoms with E-state index in [1.165, 1.54) is 11.1 Å². The minimum atomic E-state index is 0.180. The van der Waals surface area contributed by atoms with Gasteiger partial charge in [0.2, 0.25) is 0 Å². The van der Waals surface area contributed by atoms with Crippen molar-refractivity contribution in [1.82, 2.24) is 0 Å². The molecule has 0 atom stereocenters. The van der Waals surface area contributed by atoms with Crippen molar-refractivity contribution in [2.75, 3.05) is 18.5 Å². The number of hydrogen-bond donors (Lipinski definition) is 1. The number of hydrogen-bond acceptors (Lipinski definition) is 3. The molecule has 0 bridgehead atoms. The summed E-state index contributed by atoms with van der Waals surface area (Å²) in [5.41, 5.74) is 3.53. The van der Waals surface area contributed by atoms with E-state index in [1.54, 1.807) is 0 Å². The van der Waals surface area contributed by atoms with E-state index in [9.17, 15) is 0 Å². The Morgan fingerprint density at radius 1 is 1.00 bits per heavy atom. The summed E-state index contributed by atoms with van der Waals surface area (Å²) in [6.07, 6.45) is 0.180. The van der Waals surface area contributed by atoms with E-state index in [0.717, 1.165) is 23.7 Å². The Balaban J connectivity index is 1.88. The van der Waals surface area contributed by atoms with E-state index in [-0.39, 0.29) is 6.10 Å². The van der Waals surface area contributed by atoms with Gasteiger partial charge in [-0.1, -0.05) is 32.0 Å². The van der Waals surface area contributed by atoms with Gasteiger partial charge >= 0.3 is 0 Å². The molecule has 0 spiro atoms. The van der Waals surface area contributed by atoms with Gasteiger partial charge in [0.1, 0.15) is 18.1 Å². The van der Waals surface area contributed by atoms with Crippen LogP contribution in [-0.4, -0.2) is 19.3 Å². The van der Waals surface area contributed by atoms with Crippen LogP contribution in [0.2, 0.25) is 0 Å². The van der Waals surface area contributed by atoms with Gasteiger partial charge in [0.05, 0.1) is 6.10 Å². The fourth-order valence-electron chi connectivity index (χ4n) is 2.55. The van der Waals surface area contributed by atoms with Gasteiger partial charge in [-0.25, -0.2) is 0 Å². The molecule has 0 fully saturated rings. The average Bonchev–Trinajstić information content (AvgIpc) is 2.51. The van der Waals surface area contributed by atoms with Crippen LogP contribution in [-0.2, 0) is 0 Å². The van der Waals surface area contributed by atoms with Crippen molar-refractivity contribution >= 4 is 5.69 Å². The fourth-order valence-corrected chi connectivity index (χ4v) is 2.55. The molecule has 0 aliphatic rings. The number of benzene rings is 2. The third-order valence-electron chi connectivity index (χ3n) is 3.69. The van der Waals surface area contributed by atoms with Crippen LogP contribution in [0.1, 0.15) is 44.7 Å². The largest absolute Gasteiger partial charge is 0.491 e. The summed E-state index contributed by atoms with van der Waals surface area (Å²) in [6, 6.07) is 14.5. The van der Waals surface area contributed by atoms with Gasteiger partial charge in [-0.05, 0) is 56.0 Å². The molecule has 0 aliphatic heterocycles. The summed E-state index contributed by atoms with van der Waals surface area (Å²) >= 11 is 0. The van der Waals surface area contributed by atoms with Gasteiger partial charge in [0, 0.05) is 18.3 Å². The van der Waals surface area contributed by atoms with Crippen LogP contribution in [0.3, 0.4) is 0 Å². The molecule has 0 saturated carbocycles. The Morgan fingerprint density at radius 3 is 2.50 bits per heavy atom. The number of aryl methyl sites for hydroxylation is 1. The lowest BCUT2D eigenvalue weighted by Crippen LogP contribution is -2.13. The van der Waals surface area contributed by atoms with E-state index < -0.39 is 0 Å². The zero-order chi connectivity index (χ0) is 17.5. The molecule has 0 heterocycles. The first-order valence-corrected chi connectivity index (χ1v) is 8.69. The molecule has 24 heavy (non-hydrogen) atoms. The molecule has 1 N–H and O–H groups in total. The molecule has 0 aliphatic carbocycles. The zero-order valence-electron chi connectivity index (χ0n) is 15.4. The van der Waals surface area contributed by atoms with Crippen molar-refractivity contribution in [3.63, 3.8) is 0 Å². The predicted octanol–water partition coefficient (Wildman–Crippen LogP) is 5.40. The minimum absolute atomic E-state index is 0.180. The van der Waals surface area contributed by atoms with Crippen LogP contribution in [0, 0.1) is 6.92 Å². The fraction of sp³-hybridized carbons (Fsp3) is 0.429. The lowest BCUT2D eigenvalue weighted by molar-refractivity contribution is 0.242.